The lowest BCUT2D eigenvalue weighted by Gasteiger charge is -2.11. The third-order valence-electron chi connectivity index (χ3n) is 3.80. The van der Waals surface area contributed by atoms with Crippen LogP contribution in [0.1, 0.15) is 12.7 Å². The summed E-state index contributed by atoms with van der Waals surface area (Å²) in [5.74, 6) is 0.976. The Kier molecular flexibility index (Phi) is 3.54. The lowest BCUT2D eigenvalue weighted by atomic mass is 10.2. The first-order valence-electron chi connectivity index (χ1n) is 7.52. The molecule has 4 aromatic rings. The fourth-order valence-corrected chi connectivity index (χ4v) is 2.89. The summed E-state index contributed by atoms with van der Waals surface area (Å²) in [6.45, 7) is 2.02. The Bertz CT molecular complexity index is 1060. The van der Waals surface area contributed by atoms with Crippen molar-refractivity contribution in [1.29, 1.82) is 0 Å². The highest BCUT2D eigenvalue weighted by Crippen LogP contribution is 2.29. The minimum Gasteiger partial charge on any atom is -0.336 e. The smallest absolute Gasteiger partial charge is 0.204 e. The van der Waals surface area contributed by atoms with Gasteiger partial charge in [0.1, 0.15) is 11.6 Å². The van der Waals surface area contributed by atoms with Crippen molar-refractivity contribution in [2.75, 3.05) is 5.32 Å². The summed E-state index contributed by atoms with van der Waals surface area (Å²) in [5.41, 5.74) is 2.90. The summed E-state index contributed by atoms with van der Waals surface area (Å²) in [7, 11) is 0. The van der Waals surface area contributed by atoms with Gasteiger partial charge >= 0.3 is 0 Å². The average Bonchev–Trinajstić information content (AvgIpc) is 3.02. The molecule has 5 nitrogen and oxygen atoms in total. The van der Waals surface area contributed by atoms with Crippen molar-refractivity contribution >= 4 is 39.8 Å². The van der Waals surface area contributed by atoms with Crippen LogP contribution in [0.2, 0.25) is 5.02 Å². The molecule has 0 saturated carbocycles. The molecule has 1 N–H and O–H groups in total. The molecule has 0 fully saturated rings. The fraction of sp³-hybridized carbons (Fsp3) is 0.118. The average molecular weight is 342 g/mol. The Hall–Kier alpha value is -2.73. The van der Waals surface area contributed by atoms with Crippen molar-refractivity contribution in [2.45, 2.75) is 13.3 Å². The van der Waals surface area contributed by atoms with Gasteiger partial charge in [0.05, 0.1) is 21.7 Å². The summed E-state index contributed by atoms with van der Waals surface area (Å²) < 4.78 is 15.2. The highest BCUT2D eigenvalue weighted by atomic mass is 35.5. The predicted molar refractivity (Wildman–Crippen MR) is 92.4 cm³/mol. The van der Waals surface area contributed by atoms with Gasteiger partial charge in [-0.25, -0.2) is 9.37 Å². The van der Waals surface area contributed by atoms with Gasteiger partial charge in [-0.15, -0.1) is 10.2 Å². The summed E-state index contributed by atoms with van der Waals surface area (Å²) in [6.07, 6.45) is 0.742. The van der Waals surface area contributed by atoms with E-state index in [0.717, 1.165) is 23.3 Å². The van der Waals surface area contributed by atoms with Crippen molar-refractivity contribution in [1.82, 2.24) is 19.6 Å². The van der Waals surface area contributed by atoms with Gasteiger partial charge in [0.2, 0.25) is 5.65 Å². The van der Waals surface area contributed by atoms with E-state index < -0.39 is 5.82 Å². The van der Waals surface area contributed by atoms with Crippen molar-refractivity contribution in [2.24, 2.45) is 0 Å². The molecule has 4 rings (SSSR count). The SMILES string of the molecule is CCc1nnc2c(Nc3ccc(F)cc3Cl)nc3ccccc3n12. The van der Waals surface area contributed by atoms with E-state index in [1.54, 1.807) is 6.07 Å². The molecule has 120 valence electrons. The van der Waals surface area contributed by atoms with E-state index >= 15 is 0 Å². The number of nitrogens with zero attached hydrogens (tertiary/aromatic N) is 4. The zero-order valence-corrected chi connectivity index (χ0v) is 13.5. The maximum Gasteiger partial charge on any atom is 0.204 e. The van der Waals surface area contributed by atoms with Crippen LogP contribution in [0.5, 0.6) is 0 Å². The van der Waals surface area contributed by atoms with E-state index in [1.807, 2.05) is 35.6 Å². The lowest BCUT2D eigenvalue weighted by molar-refractivity contribution is 0.628. The molecule has 0 unspecified atom stereocenters. The van der Waals surface area contributed by atoms with Crippen molar-refractivity contribution in [3.63, 3.8) is 0 Å². The number of rotatable bonds is 3. The molecule has 7 heteroatoms. The van der Waals surface area contributed by atoms with E-state index in [0.29, 0.717) is 17.2 Å². The maximum absolute atomic E-state index is 13.2. The van der Waals surface area contributed by atoms with Gasteiger partial charge in [0, 0.05) is 6.42 Å². The van der Waals surface area contributed by atoms with Gasteiger partial charge in [-0.05, 0) is 30.3 Å². The highest BCUT2D eigenvalue weighted by Gasteiger charge is 2.15. The lowest BCUT2D eigenvalue weighted by Crippen LogP contribution is -2.02. The van der Waals surface area contributed by atoms with Crippen LogP contribution < -0.4 is 5.32 Å². The Morgan fingerprint density at radius 2 is 2.00 bits per heavy atom. The van der Waals surface area contributed by atoms with Gasteiger partial charge in [-0.2, -0.15) is 0 Å². The fourth-order valence-electron chi connectivity index (χ4n) is 2.67. The zero-order chi connectivity index (χ0) is 16.7. The normalized spacial score (nSPS) is 11.3. The second-order valence-electron chi connectivity index (χ2n) is 5.33. The number of fused-ring (bicyclic) bond motifs is 3. The third-order valence-corrected chi connectivity index (χ3v) is 4.11. The molecule has 0 aliphatic heterocycles. The van der Waals surface area contributed by atoms with Crippen molar-refractivity contribution < 1.29 is 4.39 Å². The van der Waals surface area contributed by atoms with Crippen LogP contribution in [0.4, 0.5) is 15.9 Å². The van der Waals surface area contributed by atoms with Gasteiger partial charge in [-0.1, -0.05) is 30.7 Å². The highest BCUT2D eigenvalue weighted by molar-refractivity contribution is 6.33. The maximum atomic E-state index is 13.2. The van der Waals surface area contributed by atoms with Crippen LogP contribution >= 0.6 is 11.6 Å². The van der Waals surface area contributed by atoms with Crippen molar-refractivity contribution in [3.05, 3.63) is 59.1 Å². The van der Waals surface area contributed by atoms with E-state index in [-0.39, 0.29) is 5.02 Å². The molecule has 0 bridgehead atoms. The molecule has 0 amide bonds. The van der Waals surface area contributed by atoms with Crippen LogP contribution in [0.3, 0.4) is 0 Å². The Labute approximate surface area is 142 Å². The minimum atomic E-state index is -0.391. The molecule has 0 aliphatic carbocycles. The second-order valence-corrected chi connectivity index (χ2v) is 5.73. The van der Waals surface area contributed by atoms with E-state index in [9.17, 15) is 4.39 Å². The number of anilines is 2. The first-order chi connectivity index (χ1) is 11.7. The molecule has 2 heterocycles. The van der Waals surface area contributed by atoms with Crippen LogP contribution in [-0.2, 0) is 6.42 Å². The summed E-state index contributed by atoms with van der Waals surface area (Å²) >= 11 is 6.11. The van der Waals surface area contributed by atoms with Gasteiger partial charge in [-0.3, -0.25) is 4.40 Å². The summed E-state index contributed by atoms with van der Waals surface area (Å²) in [5, 5.41) is 11.9. The van der Waals surface area contributed by atoms with E-state index in [2.05, 4.69) is 20.5 Å². The molecule has 2 aromatic heterocycles. The molecule has 0 atom stereocenters. The Morgan fingerprint density at radius 3 is 2.79 bits per heavy atom. The largest absolute Gasteiger partial charge is 0.336 e. The first-order valence-corrected chi connectivity index (χ1v) is 7.90. The Balaban J connectivity index is 1.95. The van der Waals surface area contributed by atoms with Gasteiger partial charge in [0.25, 0.3) is 0 Å². The summed E-state index contributed by atoms with van der Waals surface area (Å²) in [6, 6.07) is 11.9. The number of para-hydroxylation sites is 2. The number of aryl methyl sites for hydroxylation is 1. The number of halogens is 2. The molecular formula is C17H13ClFN5. The number of aromatic nitrogens is 4. The second kappa shape index (κ2) is 5.72. The molecule has 0 aliphatic rings. The van der Waals surface area contributed by atoms with E-state index in [1.165, 1.54) is 12.1 Å². The van der Waals surface area contributed by atoms with Crippen LogP contribution in [0.25, 0.3) is 16.7 Å². The number of nitrogens with one attached hydrogen (secondary N) is 1. The molecule has 2 aromatic carbocycles. The minimum absolute atomic E-state index is 0.276. The third kappa shape index (κ3) is 2.35. The predicted octanol–water partition coefficient (Wildman–Crippen LogP) is 4.38. The standard InChI is InChI=1S/C17H13ClFN5/c1-2-15-22-23-17-16(20-12-8-7-10(19)9-11(12)18)21-13-5-3-4-6-14(13)24(15)17/h3-9H,2H2,1H3,(H,20,21). The van der Waals surface area contributed by atoms with Gasteiger partial charge < -0.3 is 5.32 Å². The summed E-state index contributed by atoms with van der Waals surface area (Å²) in [4.78, 5) is 4.62. The number of hydrogen-bond acceptors (Lipinski definition) is 4. The monoisotopic (exact) mass is 341 g/mol. The molecule has 0 saturated heterocycles. The molecule has 0 radical (unpaired) electrons. The van der Waals surface area contributed by atoms with Crippen LogP contribution in [0, 0.1) is 5.82 Å². The number of benzene rings is 2. The first kappa shape index (κ1) is 14.8. The van der Waals surface area contributed by atoms with Crippen LogP contribution in [-0.4, -0.2) is 19.6 Å². The molecule has 0 spiro atoms. The van der Waals surface area contributed by atoms with Gasteiger partial charge in [0.15, 0.2) is 5.82 Å². The number of hydrogen-bond donors (Lipinski definition) is 1. The topological polar surface area (TPSA) is 55.1 Å². The zero-order valence-electron chi connectivity index (χ0n) is 12.8. The Morgan fingerprint density at radius 1 is 1.17 bits per heavy atom. The molecular weight excluding hydrogens is 329 g/mol. The van der Waals surface area contributed by atoms with E-state index in [4.69, 9.17) is 11.6 Å². The van der Waals surface area contributed by atoms with Crippen molar-refractivity contribution in [3.8, 4) is 0 Å². The quantitative estimate of drug-likeness (QED) is 0.601. The van der Waals surface area contributed by atoms with Crippen LogP contribution in [0.15, 0.2) is 42.5 Å². The molecule has 24 heavy (non-hydrogen) atoms.